The third-order valence-electron chi connectivity index (χ3n) is 5.45. The third kappa shape index (κ3) is 2.46. The number of rotatable bonds is 3. The predicted molar refractivity (Wildman–Crippen MR) is 120 cm³/mol. The largest absolute Gasteiger partial charge is 0.443 e. The van der Waals surface area contributed by atoms with Crippen LogP contribution in [0.2, 0.25) is 0 Å². The maximum Gasteiger partial charge on any atom is 0.247 e. The molecule has 0 saturated carbocycles. The highest BCUT2D eigenvalue weighted by Crippen LogP contribution is 2.33. The van der Waals surface area contributed by atoms with Crippen molar-refractivity contribution in [1.29, 1.82) is 0 Å². The van der Waals surface area contributed by atoms with Crippen LogP contribution in [0.1, 0.15) is 0 Å². The van der Waals surface area contributed by atoms with Crippen LogP contribution in [0.5, 0.6) is 0 Å². The fraction of sp³-hybridized carbons (Fsp3) is 0. The van der Waals surface area contributed by atoms with E-state index in [0.717, 1.165) is 16.6 Å². The molecule has 0 atom stereocenters. The van der Waals surface area contributed by atoms with E-state index in [4.69, 9.17) is 4.42 Å². The Kier molecular flexibility index (Phi) is 3.64. The van der Waals surface area contributed by atoms with Gasteiger partial charge in [-0.25, -0.2) is 4.98 Å². The van der Waals surface area contributed by atoms with Crippen molar-refractivity contribution < 1.29 is 4.42 Å². The first-order chi connectivity index (χ1) is 14.4. The lowest BCUT2D eigenvalue weighted by Crippen LogP contribution is -2.48. The zero-order chi connectivity index (χ0) is 19.2. The van der Waals surface area contributed by atoms with Crippen LogP contribution in [-0.2, 0) is 0 Å². The Morgan fingerprint density at radius 3 is 2.03 bits per heavy atom. The lowest BCUT2D eigenvalue weighted by molar-refractivity contribution is 0.602. The molecule has 0 N–H and O–H groups in total. The van der Waals surface area contributed by atoms with Crippen LogP contribution in [0.25, 0.3) is 32.9 Å². The highest BCUT2D eigenvalue weighted by Gasteiger charge is 2.26. The summed E-state index contributed by atoms with van der Waals surface area (Å²) in [6.45, 7) is 0. The molecule has 1 radical (unpaired) electrons. The van der Waals surface area contributed by atoms with Crippen LogP contribution >= 0.6 is 0 Å². The van der Waals surface area contributed by atoms with Gasteiger partial charge in [-0.15, -0.1) is 0 Å². The van der Waals surface area contributed by atoms with Gasteiger partial charge in [0.2, 0.25) is 8.96 Å². The quantitative estimate of drug-likeness (QED) is 0.415. The van der Waals surface area contributed by atoms with E-state index in [1.165, 1.54) is 26.7 Å². The Morgan fingerprint density at radius 1 is 0.655 bits per heavy atom. The number of benzene rings is 4. The van der Waals surface area contributed by atoms with Crippen LogP contribution in [-0.4, -0.2) is 18.2 Å². The molecular weight excluding hydrogens is 372 g/mol. The smallest absolute Gasteiger partial charge is 0.247 e. The minimum atomic E-state index is -1.32. The van der Waals surface area contributed by atoms with E-state index >= 15 is 0 Å². The van der Waals surface area contributed by atoms with Crippen LogP contribution in [0, 0.1) is 0 Å². The number of para-hydroxylation sites is 1. The first-order valence-electron chi connectivity index (χ1n) is 9.65. The summed E-state index contributed by atoms with van der Waals surface area (Å²) in [5.74, 6) is 0. The van der Waals surface area contributed by atoms with Crippen molar-refractivity contribution in [3.05, 3.63) is 103 Å². The van der Waals surface area contributed by atoms with E-state index in [2.05, 4.69) is 100 Å². The van der Waals surface area contributed by atoms with Crippen LogP contribution < -0.4 is 10.4 Å². The number of hydrogen-bond acceptors (Lipinski definition) is 2. The Morgan fingerprint density at radius 2 is 1.31 bits per heavy atom. The van der Waals surface area contributed by atoms with E-state index in [1.807, 2.05) is 6.07 Å². The highest BCUT2D eigenvalue weighted by molar-refractivity contribution is 6.85. The minimum Gasteiger partial charge on any atom is -0.443 e. The molecule has 29 heavy (non-hydrogen) atoms. The van der Waals surface area contributed by atoms with Gasteiger partial charge in [0.25, 0.3) is 0 Å². The topological polar surface area (TPSA) is 31.0 Å². The van der Waals surface area contributed by atoms with Crippen LogP contribution in [0.3, 0.4) is 0 Å². The Bertz CT molecular complexity index is 1410. The molecule has 6 aromatic rings. The molecule has 0 amide bonds. The van der Waals surface area contributed by atoms with Gasteiger partial charge in [-0.3, -0.25) is 0 Å². The molecule has 4 aromatic carbocycles. The Balaban J connectivity index is 1.81. The van der Waals surface area contributed by atoms with Crippen molar-refractivity contribution >= 4 is 52.2 Å². The lowest BCUT2D eigenvalue weighted by Gasteiger charge is -2.20. The highest BCUT2D eigenvalue weighted by atomic mass is 28.3. The summed E-state index contributed by atoms with van der Waals surface area (Å²) in [6, 6.07) is 34.5. The second-order valence-corrected chi connectivity index (χ2v) is 9.39. The summed E-state index contributed by atoms with van der Waals surface area (Å²) in [5, 5.41) is 5.15. The maximum atomic E-state index is 5.66. The van der Waals surface area contributed by atoms with Gasteiger partial charge in [-0.2, -0.15) is 0 Å². The number of hydrogen-bond donors (Lipinski definition) is 0. The average molecular weight is 390 g/mol. The summed E-state index contributed by atoms with van der Waals surface area (Å²) in [6.07, 6.45) is 1.55. The molecule has 3 nitrogen and oxygen atoms in total. The molecule has 2 heterocycles. The van der Waals surface area contributed by atoms with Crippen molar-refractivity contribution in [2.24, 2.45) is 0 Å². The standard InChI is InChI=1S/C25H17N2OSi/c1-3-9-18(10-4-1)29(19-11-5-2-6-12-19)27-22-14-8-7-13-20(22)21-15-16-23-24(25(21)27)26-17-28-23/h1-17H. The summed E-state index contributed by atoms with van der Waals surface area (Å²) in [5.41, 5.74) is 4.13. The predicted octanol–water partition coefficient (Wildman–Crippen LogP) is 4.59. The normalized spacial score (nSPS) is 11.8. The molecule has 0 aliphatic heterocycles. The van der Waals surface area contributed by atoms with E-state index in [9.17, 15) is 0 Å². The van der Waals surface area contributed by atoms with Gasteiger partial charge >= 0.3 is 0 Å². The SMILES string of the molecule is c1ccc([Si](c2ccccc2)n2c3ccccc3c3ccc4ocnc4c32)cc1. The monoisotopic (exact) mass is 389 g/mol. The fourth-order valence-electron chi connectivity index (χ4n) is 4.23. The van der Waals surface area contributed by atoms with Gasteiger partial charge in [0.05, 0.1) is 5.52 Å². The summed E-state index contributed by atoms with van der Waals surface area (Å²) in [7, 11) is -1.32. The van der Waals surface area contributed by atoms with Gasteiger partial charge in [-0.1, -0.05) is 78.9 Å². The Labute approximate surface area is 169 Å². The van der Waals surface area contributed by atoms with Crippen molar-refractivity contribution in [3.8, 4) is 0 Å². The van der Waals surface area contributed by atoms with E-state index in [1.54, 1.807) is 6.39 Å². The molecule has 0 aliphatic carbocycles. The number of nitrogens with zero attached hydrogens (tertiary/aromatic N) is 2. The van der Waals surface area contributed by atoms with E-state index < -0.39 is 8.96 Å². The van der Waals surface area contributed by atoms with Gasteiger partial charge in [0.1, 0.15) is 5.52 Å². The Hall–Kier alpha value is -3.63. The average Bonchev–Trinajstić information content (AvgIpc) is 3.39. The van der Waals surface area contributed by atoms with Crippen molar-refractivity contribution in [2.75, 3.05) is 0 Å². The first-order valence-corrected chi connectivity index (χ1v) is 11.1. The second kappa shape index (κ2) is 6.46. The maximum absolute atomic E-state index is 5.66. The molecule has 0 saturated heterocycles. The second-order valence-electron chi connectivity index (χ2n) is 7.09. The zero-order valence-corrected chi connectivity index (χ0v) is 16.6. The molecule has 6 rings (SSSR count). The van der Waals surface area contributed by atoms with Gasteiger partial charge < -0.3 is 8.65 Å². The van der Waals surface area contributed by atoms with Crippen molar-refractivity contribution in [2.45, 2.75) is 0 Å². The molecule has 4 heteroatoms. The van der Waals surface area contributed by atoms with Gasteiger partial charge in [0, 0.05) is 16.3 Å². The molecule has 0 aliphatic rings. The van der Waals surface area contributed by atoms with Crippen molar-refractivity contribution in [1.82, 2.24) is 9.22 Å². The number of oxazole rings is 1. The zero-order valence-electron chi connectivity index (χ0n) is 15.6. The summed E-state index contributed by atoms with van der Waals surface area (Å²) < 4.78 is 8.17. The molecule has 2 aromatic heterocycles. The number of aromatic nitrogens is 2. The summed E-state index contributed by atoms with van der Waals surface area (Å²) in [4.78, 5) is 4.60. The third-order valence-corrected chi connectivity index (χ3v) is 8.12. The van der Waals surface area contributed by atoms with Crippen LogP contribution in [0.4, 0.5) is 0 Å². The molecule has 0 spiro atoms. The molecule has 0 bridgehead atoms. The fourth-order valence-corrected chi connectivity index (χ4v) is 6.98. The van der Waals surface area contributed by atoms with E-state index in [-0.39, 0.29) is 0 Å². The van der Waals surface area contributed by atoms with Crippen LogP contribution in [0.15, 0.2) is 108 Å². The van der Waals surface area contributed by atoms with Crippen molar-refractivity contribution in [3.63, 3.8) is 0 Å². The van der Waals surface area contributed by atoms with Gasteiger partial charge in [0.15, 0.2) is 12.0 Å². The molecule has 0 fully saturated rings. The lowest BCUT2D eigenvalue weighted by atomic mass is 10.1. The molecule has 137 valence electrons. The first kappa shape index (κ1) is 16.3. The molecular formula is C25H17N2OSi. The van der Waals surface area contributed by atoms with Gasteiger partial charge in [-0.05, 0) is 28.6 Å². The number of fused-ring (bicyclic) bond motifs is 5. The molecule has 0 unspecified atom stereocenters. The minimum absolute atomic E-state index is 0.823. The summed E-state index contributed by atoms with van der Waals surface area (Å²) >= 11 is 0. The van der Waals surface area contributed by atoms with E-state index in [0.29, 0.717) is 0 Å².